The number of carbonyl (C=O) groups excluding carboxylic acids is 1. The second-order valence-corrected chi connectivity index (χ2v) is 7.28. The van der Waals surface area contributed by atoms with Gasteiger partial charge in [0.25, 0.3) is 0 Å². The zero-order chi connectivity index (χ0) is 19.6. The van der Waals surface area contributed by atoms with E-state index >= 15 is 0 Å². The number of aromatic nitrogens is 1. The first-order chi connectivity index (χ1) is 13.8. The predicted octanol–water partition coefficient (Wildman–Crippen LogP) is 4.48. The van der Waals surface area contributed by atoms with Crippen molar-refractivity contribution in [2.24, 2.45) is 5.92 Å². The number of nitrogens with zero attached hydrogens (tertiary/aromatic N) is 2. The number of hydrogen-bond acceptors (Lipinski definition) is 5. The maximum absolute atomic E-state index is 12.5. The molecule has 2 heterocycles. The summed E-state index contributed by atoms with van der Waals surface area (Å²) in [6.07, 6.45) is 8.01. The van der Waals surface area contributed by atoms with Crippen LogP contribution in [0.1, 0.15) is 39.0 Å². The molecule has 0 radical (unpaired) electrons. The number of pyridine rings is 1. The van der Waals surface area contributed by atoms with Crippen molar-refractivity contribution in [3.05, 3.63) is 54.9 Å². The van der Waals surface area contributed by atoms with Crippen molar-refractivity contribution < 1.29 is 14.3 Å². The van der Waals surface area contributed by atoms with E-state index in [2.05, 4.69) is 16.8 Å². The van der Waals surface area contributed by atoms with Gasteiger partial charge in [0.1, 0.15) is 5.75 Å². The van der Waals surface area contributed by atoms with Crippen molar-refractivity contribution in [3.63, 3.8) is 0 Å². The third kappa shape index (κ3) is 6.06. The average molecular weight is 383 g/mol. The summed E-state index contributed by atoms with van der Waals surface area (Å²) >= 11 is 0. The van der Waals surface area contributed by atoms with E-state index in [0.29, 0.717) is 24.7 Å². The van der Waals surface area contributed by atoms with Crippen molar-refractivity contribution in [3.8, 4) is 5.75 Å². The van der Waals surface area contributed by atoms with E-state index in [4.69, 9.17) is 9.47 Å². The maximum Gasteiger partial charge on any atom is 0.313 e. The van der Waals surface area contributed by atoms with Crippen LogP contribution in [0.15, 0.2) is 54.9 Å². The van der Waals surface area contributed by atoms with E-state index in [0.717, 1.165) is 38.8 Å². The highest BCUT2D eigenvalue weighted by Gasteiger charge is 2.29. The van der Waals surface area contributed by atoms with Crippen LogP contribution in [0.3, 0.4) is 0 Å². The molecule has 1 fully saturated rings. The van der Waals surface area contributed by atoms with Gasteiger partial charge in [0.15, 0.2) is 0 Å². The Morgan fingerprint density at radius 2 is 1.86 bits per heavy atom. The number of hydrogen-bond donors (Lipinski definition) is 0. The van der Waals surface area contributed by atoms with E-state index in [1.807, 2.05) is 42.7 Å². The zero-order valence-electron chi connectivity index (χ0n) is 16.6. The molecule has 0 spiro atoms. The standard InChI is InChI=1S/C23H30N2O3/c1-2-3-17-27-22(18-23(26)28-21-7-5-4-6-8-21)19-11-15-25(16-12-19)20-9-13-24-14-10-20/h4-10,13-14,19,22H,2-3,11-12,15-18H2,1H3. The number of para-hydroxylation sites is 1. The van der Waals surface area contributed by atoms with Crippen LogP contribution in [0.2, 0.25) is 0 Å². The van der Waals surface area contributed by atoms with Gasteiger partial charge < -0.3 is 14.4 Å². The predicted molar refractivity (Wildman–Crippen MR) is 111 cm³/mol. The van der Waals surface area contributed by atoms with Gasteiger partial charge >= 0.3 is 5.97 Å². The molecule has 0 bridgehead atoms. The zero-order valence-corrected chi connectivity index (χ0v) is 16.6. The van der Waals surface area contributed by atoms with Crippen molar-refractivity contribution in [1.82, 2.24) is 4.98 Å². The molecular formula is C23H30N2O3. The summed E-state index contributed by atoms with van der Waals surface area (Å²) < 4.78 is 11.6. The van der Waals surface area contributed by atoms with Crippen LogP contribution < -0.4 is 9.64 Å². The lowest BCUT2D eigenvalue weighted by atomic mass is 9.89. The molecule has 1 unspecified atom stereocenters. The molecule has 2 aromatic rings. The monoisotopic (exact) mass is 382 g/mol. The molecule has 0 aliphatic carbocycles. The first kappa shape index (κ1) is 20.3. The van der Waals surface area contributed by atoms with Gasteiger partial charge in [0.05, 0.1) is 12.5 Å². The highest BCUT2D eigenvalue weighted by atomic mass is 16.5. The molecule has 1 aliphatic rings. The third-order valence-corrected chi connectivity index (χ3v) is 5.27. The van der Waals surface area contributed by atoms with E-state index in [9.17, 15) is 4.79 Å². The van der Waals surface area contributed by atoms with Gasteiger partial charge in [-0.25, -0.2) is 0 Å². The van der Waals surface area contributed by atoms with Gasteiger partial charge in [-0.05, 0) is 49.4 Å². The highest BCUT2D eigenvalue weighted by molar-refractivity contribution is 5.72. The molecule has 150 valence electrons. The van der Waals surface area contributed by atoms with Crippen LogP contribution in [0.5, 0.6) is 5.75 Å². The number of anilines is 1. The Kier molecular flexibility index (Phi) is 7.85. The first-order valence-corrected chi connectivity index (χ1v) is 10.3. The minimum absolute atomic E-state index is 0.0812. The Balaban J connectivity index is 1.56. The summed E-state index contributed by atoms with van der Waals surface area (Å²) in [6.45, 7) is 4.78. The topological polar surface area (TPSA) is 51.7 Å². The lowest BCUT2D eigenvalue weighted by molar-refractivity contribution is -0.139. The Bertz CT molecular complexity index is 700. The second-order valence-electron chi connectivity index (χ2n) is 7.28. The second kappa shape index (κ2) is 10.8. The molecule has 0 N–H and O–H groups in total. The molecule has 1 aliphatic heterocycles. The smallest absolute Gasteiger partial charge is 0.313 e. The Hall–Kier alpha value is -2.40. The lowest BCUT2D eigenvalue weighted by Gasteiger charge is -2.37. The van der Waals surface area contributed by atoms with Crippen LogP contribution in [0, 0.1) is 5.92 Å². The Labute approximate surface area is 167 Å². The molecular weight excluding hydrogens is 352 g/mol. The van der Waals surface area contributed by atoms with E-state index in [1.165, 1.54) is 5.69 Å². The average Bonchev–Trinajstić information content (AvgIpc) is 2.75. The van der Waals surface area contributed by atoms with Crippen molar-refractivity contribution in [2.75, 3.05) is 24.6 Å². The van der Waals surface area contributed by atoms with Crippen LogP contribution >= 0.6 is 0 Å². The number of ether oxygens (including phenoxy) is 2. The highest BCUT2D eigenvalue weighted by Crippen LogP contribution is 2.28. The van der Waals surface area contributed by atoms with Crippen molar-refractivity contribution >= 4 is 11.7 Å². The summed E-state index contributed by atoms with van der Waals surface area (Å²) in [7, 11) is 0. The molecule has 0 amide bonds. The van der Waals surface area contributed by atoms with Crippen molar-refractivity contribution in [1.29, 1.82) is 0 Å². The van der Waals surface area contributed by atoms with Gasteiger partial charge in [-0.1, -0.05) is 31.5 Å². The quantitative estimate of drug-likeness (QED) is 0.364. The summed E-state index contributed by atoms with van der Waals surface area (Å²) in [5.41, 5.74) is 1.21. The SMILES string of the molecule is CCCCOC(CC(=O)Oc1ccccc1)C1CCN(c2ccncc2)CC1. The van der Waals surface area contributed by atoms with Crippen LogP contribution in [0.25, 0.3) is 0 Å². The van der Waals surface area contributed by atoms with E-state index in [1.54, 1.807) is 12.1 Å². The molecule has 1 saturated heterocycles. The van der Waals surface area contributed by atoms with Gasteiger partial charge in [0, 0.05) is 37.8 Å². The molecule has 28 heavy (non-hydrogen) atoms. The summed E-state index contributed by atoms with van der Waals surface area (Å²) in [5, 5.41) is 0. The van der Waals surface area contributed by atoms with Crippen molar-refractivity contribution in [2.45, 2.75) is 45.1 Å². The third-order valence-electron chi connectivity index (χ3n) is 5.27. The van der Waals surface area contributed by atoms with E-state index in [-0.39, 0.29) is 12.1 Å². The van der Waals surface area contributed by atoms with Crippen LogP contribution in [0.4, 0.5) is 5.69 Å². The largest absolute Gasteiger partial charge is 0.426 e. The first-order valence-electron chi connectivity index (χ1n) is 10.3. The normalized spacial score (nSPS) is 16.0. The molecule has 1 aromatic heterocycles. The molecule has 5 nitrogen and oxygen atoms in total. The number of rotatable bonds is 9. The van der Waals surface area contributed by atoms with Crippen LogP contribution in [-0.4, -0.2) is 36.8 Å². The summed E-state index contributed by atoms with van der Waals surface area (Å²) in [4.78, 5) is 18.9. The fraction of sp³-hybridized carbons (Fsp3) is 0.478. The molecule has 1 aromatic carbocycles. The molecule has 5 heteroatoms. The molecule has 1 atom stereocenters. The van der Waals surface area contributed by atoms with E-state index < -0.39 is 0 Å². The number of piperidine rings is 1. The molecule has 3 rings (SSSR count). The fourth-order valence-electron chi connectivity index (χ4n) is 3.65. The van der Waals surface area contributed by atoms with Gasteiger partial charge in [-0.15, -0.1) is 0 Å². The van der Waals surface area contributed by atoms with Gasteiger partial charge in [0.2, 0.25) is 0 Å². The number of esters is 1. The minimum atomic E-state index is -0.218. The maximum atomic E-state index is 12.5. The Morgan fingerprint density at radius 1 is 1.14 bits per heavy atom. The fourth-order valence-corrected chi connectivity index (χ4v) is 3.65. The van der Waals surface area contributed by atoms with Gasteiger partial charge in [-0.2, -0.15) is 0 Å². The molecule has 0 saturated carbocycles. The van der Waals surface area contributed by atoms with Crippen LogP contribution in [-0.2, 0) is 9.53 Å². The number of benzene rings is 1. The Morgan fingerprint density at radius 3 is 2.54 bits per heavy atom. The summed E-state index contributed by atoms with van der Waals surface area (Å²) in [6, 6.07) is 13.3. The number of unbranched alkanes of at least 4 members (excludes halogenated alkanes) is 1. The lowest BCUT2D eigenvalue weighted by Crippen LogP contribution is -2.40. The minimum Gasteiger partial charge on any atom is -0.426 e. The van der Waals surface area contributed by atoms with Gasteiger partial charge in [-0.3, -0.25) is 9.78 Å². The summed E-state index contributed by atoms with van der Waals surface area (Å²) in [5.74, 6) is 0.745. The number of carbonyl (C=O) groups is 1.